The van der Waals surface area contributed by atoms with E-state index in [1.807, 2.05) is 49.4 Å². The molecule has 0 radical (unpaired) electrons. The molecule has 0 atom stereocenters. The van der Waals surface area contributed by atoms with Crippen LogP contribution in [0.3, 0.4) is 0 Å². The van der Waals surface area contributed by atoms with Gasteiger partial charge in [0, 0.05) is 22.2 Å². The molecule has 3 rings (SSSR count). The fourth-order valence-electron chi connectivity index (χ4n) is 2.21. The summed E-state index contributed by atoms with van der Waals surface area (Å²) in [5, 5.41) is 4.46. The minimum absolute atomic E-state index is 0.151. The number of nitrogens with one attached hydrogen (secondary N) is 1. The molecule has 2 aromatic carbocycles. The third-order valence-electron chi connectivity index (χ3n) is 3.46. The molecule has 7 heteroatoms. The Morgan fingerprint density at radius 3 is 2.42 bits per heavy atom. The van der Waals surface area contributed by atoms with Gasteiger partial charge in [-0.15, -0.1) is 0 Å². The van der Waals surface area contributed by atoms with Crippen LogP contribution in [0, 0.1) is 6.92 Å². The van der Waals surface area contributed by atoms with E-state index in [4.69, 9.17) is 28.9 Å². The van der Waals surface area contributed by atoms with Crippen LogP contribution in [0.5, 0.6) is 0 Å². The molecule has 5 nitrogen and oxygen atoms in total. The summed E-state index contributed by atoms with van der Waals surface area (Å²) in [5.41, 5.74) is 8.71. The van der Waals surface area contributed by atoms with Gasteiger partial charge in [-0.25, -0.2) is 0 Å². The maximum Gasteiger partial charge on any atom is 0.228 e. The molecule has 1 heterocycles. The maximum atomic E-state index is 6.07. The molecule has 24 heavy (non-hydrogen) atoms. The number of aromatic nitrogens is 3. The van der Waals surface area contributed by atoms with Crippen LogP contribution in [0.2, 0.25) is 10.0 Å². The van der Waals surface area contributed by atoms with Crippen molar-refractivity contribution in [3.8, 4) is 11.4 Å². The number of nitrogens with zero attached hydrogens (tertiary/aromatic N) is 3. The van der Waals surface area contributed by atoms with Crippen LogP contribution >= 0.6 is 23.2 Å². The molecule has 0 spiro atoms. The van der Waals surface area contributed by atoms with Gasteiger partial charge >= 0.3 is 0 Å². The lowest BCUT2D eigenvalue weighted by atomic mass is 10.1. The first-order valence-electron chi connectivity index (χ1n) is 7.27. The van der Waals surface area contributed by atoms with Gasteiger partial charge in [0.2, 0.25) is 11.9 Å². The molecule has 0 fully saturated rings. The second-order valence-corrected chi connectivity index (χ2v) is 6.15. The largest absolute Gasteiger partial charge is 0.368 e. The zero-order chi connectivity index (χ0) is 17.1. The molecule has 3 aromatic rings. The molecule has 0 saturated carbocycles. The van der Waals surface area contributed by atoms with Crippen molar-refractivity contribution in [2.24, 2.45) is 0 Å². The van der Waals surface area contributed by atoms with Crippen LogP contribution in [-0.4, -0.2) is 15.0 Å². The van der Waals surface area contributed by atoms with E-state index in [9.17, 15) is 0 Å². The molecule has 0 saturated heterocycles. The lowest BCUT2D eigenvalue weighted by molar-refractivity contribution is 1.02. The van der Waals surface area contributed by atoms with Crippen LogP contribution in [-0.2, 0) is 6.54 Å². The monoisotopic (exact) mass is 359 g/mol. The highest BCUT2D eigenvalue weighted by atomic mass is 35.5. The van der Waals surface area contributed by atoms with E-state index >= 15 is 0 Å². The van der Waals surface area contributed by atoms with Crippen molar-refractivity contribution in [3.63, 3.8) is 0 Å². The summed E-state index contributed by atoms with van der Waals surface area (Å²) in [6, 6.07) is 13.1. The Balaban J connectivity index is 1.86. The van der Waals surface area contributed by atoms with Crippen LogP contribution < -0.4 is 11.1 Å². The second kappa shape index (κ2) is 7.03. The van der Waals surface area contributed by atoms with Crippen LogP contribution in [0.1, 0.15) is 11.1 Å². The highest BCUT2D eigenvalue weighted by Crippen LogP contribution is 2.25. The minimum Gasteiger partial charge on any atom is -0.368 e. The summed E-state index contributed by atoms with van der Waals surface area (Å²) in [5.74, 6) is 1.05. The molecule has 122 valence electrons. The number of halogens is 2. The van der Waals surface area contributed by atoms with Gasteiger partial charge in [0.15, 0.2) is 5.82 Å². The first-order valence-corrected chi connectivity index (χ1v) is 8.03. The minimum atomic E-state index is 0.151. The molecule has 0 aliphatic carbocycles. The SMILES string of the molecule is Cc1ccc(Cl)cc1-c1nc(N)nc(NCc2ccc(Cl)cc2)n1. The van der Waals surface area contributed by atoms with Gasteiger partial charge in [-0.2, -0.15) is 15.0 Å². The van der Waals surface area contributed by atoms with Gasteiger partial charge in [-0.3, -0.25) is 0 Å². The molecule has 0 aliphatic heterocycles. The van der Waals surface area contributed by atoms with E-state index in [0.29, 0.717) is 28.4 Å². The van der Waals surface area contributed by atoms with Crippen molar-refractivity contribution >= 4 is 35.1 Å². The number of hydrogen-bond donors (Lipinski definition) is 2. The number of anilines is 2. The Bertz CT molecular complexity index is 865. The van der Waals surface area contributed by atoms with Crippen LogP contribution in [0.15, 0.2) is 42.5 Å². The molecular weight excluding hydrogens is 345 g/mol. The topological polar surface area (TPSA) is 76.7 Å². The Morgan fingerprint density at radius 1 is 0.958 bits per heavy atom. The van der Waals surface area contributed by atoms with E-state index in [-0.39, 0.29) is 5.95 Å². The lowest BCUT2D eigenvalue weighted by Gasteiger charge is -2.09. The highest BCUT2D eigenvalue weighted by Gasteiger charge is 2.10. The summed E-state index contributed by atoms with van der Waals surface area (Å²) < 4.78 is 0. The zero-order valence-corrected chi connectivity index (χ0v) is 14.4. The summed E-state index contributed by atoms with van der Waals surface area (Å²) in [6.07, 6.45) is 0. The molecule has 3 N–H and O–H groups in total. The van der Waals surface area contributed by atoms with Gasteiger partial charge < -0.3 is 11.1 Å². The van der Waals surface area contributed by atoms with E-state index in [1.165, 1.54) is 0 Å². The number of aryl methyl sites for hydroxylation is 1. The molecule has 0 unspecified atom stereocenters. The van der Waals surface area contributed by atoms with Crippen molar-refractivity contribution in [2.75, 3.05) is 11.1 Å². The summed E-state index contributed by atoms with van der Waals surface area (Å²) in [6.45, 7) is 2.51. The number of rotatable bonds is 4. The summed E-state index contributed by atoms with van der Waals surface area (Å²) in [4.78, 5) is 12.8. The van der Waals surface area contributed by atoms with Crippen molar-refractivity contribution in [1.29, 1.82) is 0 Å². The zero-order valence-electron chi connectivity index (χ0n) is 12.9. The summed E-state index contributed by atoms with van der Waals surface area (Å²) in [7, 11) is 0. The van der Waals surface area contributed by atoms with Crippen molar-refractivity contribution in [3.05, 3.63) is 63.6 Å². The number of hydrogen-bond acceptors (Lipinski definition) is 5. The van der Waals surface area contributed by atoms with Gasteiger partial charge in [0.1, 0.15) is 0 Å². The quantitative estimate of drug-likeness (QED) is 0.723. The van der Waals surface area contributed by atoms with E-state index in [1.54, 1.807) is 0 Å². The summed E-state index contributed by atoms with van der Waals surface area (Å²) >= 11 is 12.0. The van der Waals surface area contributed by atoms with E-state index < -0.39 is 0 Å². The molecular formula is C17H15Cl2N5. The van der Waals surface area contributed by atoms with E-state index in [2.05, 4.69) is 20.3 Å². The van der Waals surface area contributed by atoms with E-state index in [0.717, 1.165) is 16.7 Å². The van der Waals surface area contributed by atoms with Gasteiger partial charge in [0.05, 0.1) is 0 Å². The average molecular weight is 360 g/mol. The number of nitrogens with two attached hydrogens (primary N) is 1. The Labute approximate surface area is 149 Å². The fourth-order valence-corrected chi connectivity index (χ4v) is 2.51. The second-order valence-electron chi connectivity index (χ2n) is 5.28. The predicted octanol–water partition coefficient (Wildman–Crippen LogP) is 4.35. The number of benzene rings is 2. The van der Waals surface area contributed by atoms with Crippen molar-refractivity contribution in [1.82, 2.24) is 15.0 Å². The molecule has 0 amide bonds. The average Bonchev–Trinajstić information content (AvgIpc) is 2.56. The van der Waals surface area contributed by atoms with Gasteiger partial charge in [0.25, 0.3) is 0 Å². The first kappa shape index (κ1) is 16.5. The molecule has 0 aliphatic rings. The van der Waals surface area contributed by atoms with Gasteiger partial charge in [-0.1, -0.05) is 41.4 Å². The van der Waals surface area contributed by atoms with Crippen LogP contribution in [0.4, 0.5) is 11.9 Å². The normalized spacial score (nSPS) is 10.6. The van der Waals surface area contributed by atoms with Crippen LogP contribution in [0.25, 0.3) is 11.4 Å². The highest BCUT2D eigenvalue weighted by molar-refractivity contribution is 6.31. The van der Waals surface area contributed by atoms with Gasteiger partial charge in [-0.05, 0) is 42.3 Å². The molecule has 1 aromatic heterocycles. The fraction of sp³-hybridized carbons (Fsp3) is 0.118. The van der Waals surface area contributed by atoms with Crippen molar-refractivity contribution in [2.45, 2.75) is 13.5 Å². The third kappa shape index (κ3) is 3.93. The number of nitrogen functional groups attached to an aromatic ring is 1. The third-order valence-corrected chi connectivity index (χ3v) is 3.94. The first-order chi connectivity index (χ1) is 11.5. The molecule has 0 bridgehead atoms. The standard InChI is InChI=1S/C17H15Cl2N5/c1-10-2-5-13(19)8-14(10)15-22-16(20)24-17(23-15)21-9-11-3-6-12(18)7-4-11/h2-8H,9H2,1H3,(H3,20,21,22,23,24). The Morgan fingerprint density at radius 2 is 1.67 bits per heavy atom. The maximum absolute atomic E-state index is 6.07. The van der Waals surface area contributed by atoms with Crippen molar-refractivity contribution < 1.29 is 0 Å². The Hall–Kier alpha value is -2.37. The smallest absolute Gasteiger partial charge is 0.228 e. The Kier molecular flexibility index (Phi) is 4.83. The lowest BCUT2D eigenvalue weighted by Crippen LogP contribution is -2.08. The predicted molar refractivity (Wildman–Crippen MR) is 98.2 cm³/mol.